The van der Waals surface area contributed by atoms with Crippen LogP contribution >= 0.6 is 0 Å². The van der Waals surface area contributed by atoms with E-state index in [1.807, 2.05) is 30.0 Å². The lowest BCUT2D eigenvalue weighted by molar-refractivity contribution is -0.118. The number of carbonyl (C=O) groups is 1. The molecular weight excluding hydrogens is 336 g/mol. The summed E-state index contributed by atoms with van der Waals surface area (Å²) in [5, 5.41) is 0. The van der Waals surface area contributed by atoms with E-state index in [2.05, 4.69) is 52.9 Å². The van der Waals surface area contributed by atoms with E-state index >= 15 is 0 Å². The molecule has 1 fully saturated rings. The number of nitrogens with zero attached hydrogens (tertiary/aromatic N) is 4. The van der Waals surface area contributed by atoms with Crippen LogP contribution < -0.4 is 9.80 Å². The van der Waals surface area contributed by atoms with E-state index in [1.54, 1.807) is 6.20 Å². The molecule has 3 rings (SSSR count). The maximum Gasteiger partial charge on any atom is 0.227 e. The van der Waals surface area contributed by atoms with E-state index < -0.39 is 0 Å². The number of benzene rings is 1. The predicted molar refractivity (Wildman–Crippen MR) is 111 cm³/mol. The van der Waals surface area contributed by atoms with Crippen LogP contribution in [-0.4, -0.2) is 54.6 Å². The molecule has 1 aromatic heterocycles. The van der Waals surface area contributed by atoms with Gasteiger partial charge in [0.15, 0.2) is 0 Å². The van der Waals surface area contributed by atoms with Crippen molar-refractivity contribution in [2.75, 3.05) is 42.5 Å². The molecule has 5 nitrogen and oxygen atoms in total. The number of aromatic nitrogens is 1. The second-order valence-electron chi connectivity index (χ2n) is 7.25. The Bertz CT molecular complexity index is 724. The molecule has 1 atom stereocenters. The van der Waals surface area contributed by atoms with Gasteiger partial charge in [0, 0.05) is 57.1 Å². The Hall–Kier alpha value is -2.40. The summed E-state index contributed by atoms with van der Waals surface area (Å²) >= 11 is 0. The van der Waals surface area contributed by atoms with Crippen molar-refractivity contribution in [3.8, 4) is 0 Å². The van der Waals surface area contributed by atoms with E-state index in [4.69, 9.17) is 0 Å². The molecule has 0 saturated carbocycles. The number of amides is 1. The van der Waals surface area contributed by atoms with Gasteiger partial charge >= 0.3 is 0 Å². The second kappa shape index (κ2) is 9.00. The van der Waals surface area contributed by atoms with Crippen LogP contribution in [0.2, 0.25) is 0 Å². The van der Waals surface area contributed by atoms with Crippen molar-refractivity contribution in [3.05, 3.63) is 54.2 Å². The molecule has 1 aromatic carbocycles. The summed E-state index contributed by atoms with van der Waals surface area (Å²) in [7, 11) is 0. The quantitative estimate of drug-likeness (QED) is 0.786. The first kappa shape index (κ1) is 19.4. The highest BCUT2D eigenvalue weighted by molar-refractivity contribution is 5.92. The molecule has 0 radical (unpaired) electrons. The van der Waals surface area contributed by atoms with Crippen molar-refractivity contribution in [2.45, 2.75) is 33.2 Å². The van der Waals surface area contributed by atoms with Gasteiger partial charge < -0.3 is 4.90 Å². The molecule has 2 aromatic rings. The maximum atomic E-state index is 12.5. The van der Waals surface area contributed by atoms with Crippen molar-refractivity contribution in [3.63, 3.8) is 0 Å². The highest BCUT2D eigenvalue weighted by Gasteiger charge is 2.25. The Balaban J connectivity index is 1.60. The first-order valence-corrected chi connectivity index (χ1v) is 9.85. The van der Waals surface area contributed by atoms with E-state index in [-0.39, 0.29) is 5.91 Å². The second-order valence-corrected chi connectivity index (χ2v) is 7.25. The highest BCUT2D eigenvalue weighted by Crippen LogP contribution is 2.19. The summed E-state index contributed by atoms with van der Waals surface area (Å²) in [5.74, 6) is 0.869. The van der Waals surface area contributed by atoms with Gasteiger partial charge in [-0.3, -0.25) is 14.6 Å². The van der Waals surface area contributed by atoms with Gasteiger partial charge in [-0.25, -0.2) is 4.98 Å². The largest absolute Gasteiger partial charge is 0.369 e. The zero-order valence-corrected chi connectivity index (χ0v) is 16.6. The molecule has 5 heteroatoms. The van der Waals surface area contributed by atoms with Crippen molar-refractivity contribution >= 4 is 17.4 Å². The molecule has 1 aliphatic rings. The van der Waals surface area contributed by atoms with Gasteiger partial charge in [0.25, 0.3) is 0 Å². The topological polar surface area (TPSA) is 39.7 Å². The van der Waals surface area contributed by atoms with E-state index in [9.17, 15) is 4.79 Å². The van der Waals surface area contributed by atoms with Crippen LogP contribution in [0.3, 0.4) is 0 Å². The van der Waals surface area contributed by atoms with Gasteiger partial charge in [0.2, 0.25) is 5.91 Å². The number of carbonyl (C=O) groups excluding carboxylic acids is 1. The SMILES string of the molecule is CCC(=O)N(CC(C)N1CCN(c2ccc(C)cc2)CC1)c1ccccn1. The third kappa shape index (κ3) is 4.86. The van der Waals surface area contributed by atoms with E-state index in [0.717, 1.165) is 32.0 Å². The maximum absolute atomic E-state index is 12.5. The fourth-order valence-electron chi connectivity index (χ4n) is 3.58. The Morgan fingerprint density at radius 3 is 2.41 bits per heavy atom. The fraction of sp³-hybridized carbons (Fsp3) is 0.455. The Morgan fingerprint density at radius 2 is 1.81 bits per heavy atom. The van der Waals surface area contributed by atoms with Gasteiger partial charge in [-0.1, -0.05) is 30.7 Å². The number of hydrogen-bond donors (Lipinski definition) is 0. The zero-order chi connectivity index (χ0) is 19.2. The number of hydrogen-bond acceptors (Lipinski definition) is 4. The van der Waals surface area contributed by atoms with Crippen LogP contribution in [0.15, 0.2) is 48.7 Å². The third-order valence-electron chi connectivity index (χ3n) is 5.31. The lowest BCUT2D eigenvalue weighted by Gasteiger charge is -2.40. The Morgan fingerprint density at radius 1 is 1.11 bits per heavy atom. The molecule has 144 valence electrons. The molecular formula is C22H30N4O. The first-order chi connectivity index (χ1) is 13.1. The summed E-state index contributed by atoms with van der Waals surface area (Å²) in [6.07, 6.45) is 2.24. The lowest BCUT2D eigenvalue weighted by atomic mass is 10.1. The molecule has 1 aliphatic heterocycles. The van der Waals surface area contributed by atoms with Gasteiger partial charge in [-0.2, -0.15) is 0 Å². The van der Waals surface area contributed by atoms with Crippen molar-refractivity contribution in [1.82, 2.24) is 9.88 Å². The van der Waals surface area contributed by atoms with E-state index in [0.29, 0.717) is 19.0 Å². The van der Waals surface area contributed by atoms with Crippen molar-refractivity contribution in [1.29, 1.82) is 0 Å². The zero-order valence-electron chi connectivity index (χ0n) is 16.6. The van der Waals surface area contributed by atoms with Crippen LogP contribution in [0.25, 0.3) is 0 Å². The summed E-state index contributed by atoms with van der Waals surface area (Å²) in [6.45, 7) is 10.9. The highest BCUT2D eigenvalue weighted by atomic mass is 16.2. The average Bonchev–Trinajstić information content (AvgIpc) is 2.72. The Kier molecular flexibility index (Phi) is 6.45. The standard InChI is InChI=1S/C22H30N4O/c1-4-22(27)26(21-7-5-6-12-23-21)17-19(3)24-13-15-25(16-14-24)20-10-8-18(2)9-11-20/h5-12,19H,4,13-17H2,1-3H3. The molecule has 1 unspecified atom stereocenters. The number of pyridine rings is 1. The van der Waals surface area contributed by atoms with Crippen LogP contribution in [0.1, 0.15) is 25.8 Å². The fourth-order valence-corrected chi connectivity index (χ4v) is 3.58. The number of rotatable bonds is 6. The molecule has 1 amide bonds. The summed E-state index contributed by atoms with van der Waals surface area (Å²) in [5.41, 5.74) is 2.59. The normalized spacial score (nSPS) is 16.2. The first-order valence-electron chi connectivity index (χ1n) is 9.85. The number of piperazine rings is 1. The van der Waals surface area contributed by atoms with Crippen LogP contribution in [0, 0.1) is 6.92 Å². The molecule has 0 aliphatic carbocycles. The number of aryl methyl sites for hydroxylation is 1. The van der Waals surface area contributed by atoms with Gasteiger partial charge in [0.05, 0.1) is 0 Å². The predicted octanol–water partition coefficient (Wildman–Crippen LogP) is 3.34. The van der Waals surface area contributed by atoms with Crippen LogP contribution in [0.5, 0.6) is 0 Å². The minimum Gasteiger partial charge on any atom is -0.369 e. The average molecular weight is 367 g/mol. The van der Waals surface area contributed by atoms with Crippen molar-refractivity contribution in [2.24, 2.45) is 0 Å². The van der Waals surface area contributed by atoms with Crippen molar-refractivity contribution < 1.29 is 4.79 Å². The van der Waals surface area contributed by atoms with E-state index in [1.165, 1.54) is 11.3 Å². The third-order valence-corrected chi connectivity index (χ3v) is 5.31. The lowest BCUT2D eigenvalue weighted by Crippen LogP contribution is -2.53. The minimum atomic E-state index is 0.124. The minimum absolute atomic E-state index is 0.124. The monoisotopic (exact) mass is 366 g/mol. The summed E-state index contributed by atoms with van der Waals surface area (Å²) < 4.78 is 0. The molecule has 2 heterocycles. The van der Waals surface area contributed by atoms with Gasteiger partial charge in [-0.15, -0.1) is 0 Å². The smallest absolute Gasteiger partial charge is 0.227 e. The van der Waals surface area contributed by atoms with Crippen LogP contribution in [0.4, 0.5) is 11.5 Å². The molecule has 0 spiro atoms. The number of anilines is 2. The molecule has 27 heavy (non-hydrogen) atoms. The van der Waals surface area contributed by atoms with Crippen LogP contribution in [-0.2, 0) is 4.79 Å². The Labute approximate surface area is 162 Å². The van der Waals surface area contributed by atoms with Gasteiger partial charge in [-0.05, 0) is 38.1 Å². The molecule has 0 N–H and O–H groups in total. The summed E-state index contributed by atoms with van der Waals surface area (Å²) in [4.78, 5) is 23.6. The summed E-state index contributed by atoms with van der Waals surface area (Å²) in [6, 6.07) is 14.8. The molecule has 1 saturated heterocycles. The van der Waals surface area contributed by atoms with Gasteiger partial charge in [0.1, 0.15) is 5.82 Å². The molecule has 0 bridgehead atoms.